The first-order valence-corrected chi connectivity index (χ1v) is 4.70. The molecule has 0 heterocycles. The van der Waals surface area contributed by atoms with Gasteiger partial charge in [0, 0.05) is 4.47 Å². The zero-order chi connectivity index (χ0) is 9.42. The van der Waals surface area contributed by atoms with Crippen molar-refractivity contribution in [3.05, 3.63) is 39.9 Å². The largest absolute Gasteiger partial charge is 0.478 e. The fourth-order valence-corrected chi connectivity index (χ4v) is 1.93. The van der Waals surface area contributed by atoms with Crippen LogP contribution in [0.15, 0.2) is 28.7 Å². The fraction of sp³-hybridized carbons (Fsp3) is 0.100. The summed E-state index contributed by atoms with van der Waals surface area (Å²) in [6.45, 7) is 0. The Labute approximate surface area is 84.0 Å². The van der Waals surface area contributed by atoms with Crippen LogP contribution in [0.5, 0.6) is 0 Å². The molecule has 1 aliphatic carbocycles. The summed E-state index contributed by atoms with van der Waals surface area (Å²) in [6, 6.07) is 5.66. The molecule has 13 heavy (non-hydrogen) atoms. The number of fused-ring (bicyclic) bond motifs is 1. The van der Waals surface area contributed by atoms with Gasteiger partial charge in [-0.3, -0.25) is 0 Å². The molecular weight excluding hydrogens is 232 g/mol. The van der Waals surface area contributed by atoms with Crippen molar-refractivity contribution in [3.63, 3.8) is 0 Å². The van der Waals surface area contributed by atoms with E-state index in [1.165, 1.54) is 0 Å². The van der Waals surface area contributed by atoms with E-state index in [4.69, 9.17) is 5.11 Å². The summed E-state index contributed by atoms with van der Waals surface area (Å²) in [5.74, 6) is -0.846. The lowest BCUT2D eigenvalue weighted by molar-refractivity contribution is -0.130. The number of carbonyl (C=O) groups is 1. The number of benzene rings is 1. The highest BCUT2D eigenvalue weighted by atomic mass is 79.9. The van der Waals surface area contributed by atoms with Crippen LogP contribution in [0.1, 0.15) is 11.1 Å². The Morgan fingerprint density at radius 3 is 2.92 bits per heavy atom. The fourth-order valence-electron chi connectivity index (χ4n) is 1.52. The molecule has 0 saturated carbocycles. The molecule has 0 aromatic heterocycles. The van der Waals surface area contributed by atoms with Crippen LogP contribution in [0.25, 0.3) is 5.57 Å². The van der Waals surface area contributed by atoms with Gasteiger partial charge in [0.05, 0.1) is 5.57 Å². The lowest BCUT2D eigenvalue weighted by atomic mass is 10.1. The van der Waals surface area contributed by atoms with Crippen LogP contribution in [-0.4, -0.2) is 11.1 Å². The lowest BCUT2D eigenvalue weighted by Crippen LogP contribution is -1.97. The molecule has 0 atom stereocenters. The molecule has 0 radical (unpaired) electrons. The standard InChI is InChI=1S/C10H7BrO2/c11-7-2-4-8-6(5-7)1-3-9(8)10(12)13/h2-5H,1H2,(H,12,13). The van der Waals surface area contributed by atoms with Crippen LogP contribution < -0.4 is 0 Å². The zero-order valence-corrected chi connectivity index (χ0v) is 8.34. The van der Waals surface area contributed by atoms with Crippen LogP contribution in [0.4, 0.5) is 0 Å². The monoisotopic (exact) mass is 238 g/mol. The molecule has 0 saturated heterocycles. The van der Waals surface area contributed by atoms with Crippen LogP contribution >= 0.6 is 15.9 Å². The summed E-state index contributed by atoms with van der Waals surface area (Å²) >= 11 is 3.35. The van der Waals surface area contributed by atoms with Crippen molar-refractivity contribution >= 4 is 27.5 Å². The van der Waals surface area contributed by atoms with Crippen LogP contribution in [0, 0.1) is 0 Å². The zero-order valence-electron chi connectivity index (χ0n) is 6.75. The molecule has 0 bridgehead atoms. The quantitative estimate of drug-likeness (QED) is 0.817. The average Bonchev–Trinajstić information content (AvgIpc) is 2.46. The van der Waals surface area contributed by atoms with Gasteiger partial charge >= 0.3 is 5.97 Å². The van der Waals surface area contributed by atoms with E-state index < -0.39 is 5.97 Å². The molecule has 1 aromatic rings. The molecule has 0 amide bonds. The molecule has 1 aromatic carbocycles. The minimum Gasteiger partial charge on any atom is -0.478 e. The Balaban J connectivity index is 2.51. The second-order valence-electron chi connectivity index (χ2n) is 2.93. The van der Waals surface area contributed by atoms with Gasteiger partial charge in [-0.25, -0.2) is 4.79 Å². The minimum atomic E-state index is -0.846. The maximum atomic E-state index is 10.8. The maximum absolute atomic E-state index is 10.8. The van der Waals surface area contributed by atoms with Gasteiger partial charge in [-0.15, -0.1) is 0 Å². The number of carboxylic acids is 1. The van der Waals surface area contributed by atoms with Crippen LogP contribution in [0.3, 0.4) is 0 Å². The van der Waals surface area contributed by atoms with Crippen molar-refractivity contribution < 1.29 is 9.90 Å². The van der Waals surface area contributed by atoms with E-state index >= 15 is 0 Å². The smallest absolute Gasteiger partial charge is 0.335 e. The van der Waals surface area contributed by atoms with Gasteiger partial charge in [-0.2, -0.15) is 0 Å². The minimum absolute atomic E-state index is 0.419. The lowest BCUT2D eigenvalue weighted by Gasteiger charge is -2.01. The van der Waals surface area contributed by atoms with Crippen molar-refractivity contribution in [3.8, 4) is 0 Å². The number of allylic oxidation sites excluding steroid dienone is 1. The molecule has 0 fully saturated rings. The van der Waals surface area contributed by atoms with E-state index in [0.29, 0.717) is 5.57 Å². The normalized spacial score (nSPS) is 13.8. The van der Waals surface area contributed by atoms with Gasteiger partial charge < -0.3 is 5.11 Å². The molecule has 2 rings (SSSR count). The van der Waals surface area contributed by atoms with Gasteiger partial charge in [-0.1, -0.05) is 28.1 Å². The number of aliphatic carboxylic acids is 1. The van der Waals surface area contributed by atoms with Gasteiger partial charge in [0.1, 0.15) is 0 Å². The summed E-state index contributed by atoms with van der Waals surface area (Å²) in [5.41, 5.74) is 2.34. The van der Waals surface area contributed by atoms with E-state index in [9.17, 15) is 4.79 Å². The number of rotatable bonds is 1. The molecule has 0 aliphatic heterocycles. The van der Waals surface area contributed by atoms with Gasteiger partial charge in [0.15, 0.2) is 0 Å². The number of halogens is 1. The third-order valence-corrected chi connectivity index (χ3v) is 2.61. The molecule has 3 heteroatoms. The van der Waals surface area contributed by atoms with E-state index in [1.54, 1.807) is 6.08 Å². The molecule has 0 spiro atoms. The van der Waals surface area contributed by atoms with Crippen molar-refractivity contribution in [2.45, 2.75) is 6.42 Å². The third kappa shape index (κ3) is 1.40. The van der Waals surface area contributed by atoms with Crippen molar-refractivity contribution in [1.82, 2.24) is 0 Å². The summed E-state index contributed by atoms with van der Waals surface area (Å²) in [5, 5.41) is 8.85. The predicted octanol–water partition coefficient (Wildman–Crippen LogP) is 2.47. The highest BCUT2D eigenvalue weighted by Crippen LogP contribution is 2.29. The first-order valence-electron chi connectivity index (χ1n) is 3.91. The number of hydrogen-bond donors (Lipinski definition) is 1. The molecular formula is C10H7BrO2. The van der Waals surface area contributed by atoms with E-state index in [-0.39, 0.29) is 0 Å². The van der Waals surface area contributed by atoms with Crippen molar-refractivity contribution in [2.75, 3.05) is 0 Å². The van der Waals surface area contributed by atoms with Crippen molar-refractivity contribution in [2.24, 2.45) is 0 Å². The Hall–Kier alpha value is -1.09. The van der Waals surface area contributed by atoms with Gasteiger partial charge in [0.25, 0.3) is 0 Å². The SMILES string of the molecule is O=C(O)C1=CCc2cc(Br)ccc21. The molecule has 2 nitrogen and oxygen atoms in total. The maximum Gasteiger partial charge on any atom is 0.335 e. The van der Waals surface area contributed by atoms with Crippen LogP contribution in [-0.2, 0) is 11.2 Å². The first-order chi connectivity index (χ1) is 6.18. The summed E-state index contributed by atoms with van der Waals surface area (Å²) in [7, 11) is 0. The second kappa shape index (κ2) is 3.00. The first kappa shape index (κ1) is 8.51. The number of carboxylic acid groups (broad SMARTS) is 1. The summed E-state index contributed by atoms with van der Waals surface area (Å²) in [4.78, 5) is 10.8. The van der Waals surface area contributed by atoms with Gasteiger partial charge in [-0.05, 0) is 29.7 Å². The molecule has 0 unspecified atom stereocenters. The molecule has 1 N–H and O–H groups in total. The Kier molecular flexibility index (Phi) is 1.96. The topological polar surface area (TPSA) is 37.3 Å². The van der Waals surface area contributed by atoms with E-state index in [1.807, 2.05) is 18.2 Å². The van der Waals surface area contributed by atoms with Crippen molar-refractivity contribution in [1.29, 1.82) is 0 Å². The Morgan fingerprint density at radius 2 is 2.23 bits per heavy atom. The Bertz CT molecular complexity index is 407. The predicted molar refractivity (Wildman–Crippen MR) is 53.5 cm³/mol. The summed E-state index contributed by atoms with van der Waals surface area (Å²) < 4.78 is 0.992. The molecule has 66 valence electrons. The Morgan fingerprint density at radius 1 is 1.46 bits per heavy atom. The average molecular weight is 239 g/mol. The van der Waals surface area contributed by atoms with E-state index in [2.05, 4.69) is 15.9 Å². The summed E-state index contributed by atoms with van der Waals surface area (Å²) in [6.07, 6.45) is 2.47. The number of hydrogen-bond acceptors (Lipinski definition) is 1. The highest BCUT2D eigenvalue weighted by Gasteiger charge is 2.18. The molecule has 1 aliphatic rings. The van der Waals surface area contributed by atoms with Gasteiger partial charge in [0.2, 0.25) is 0 Å². The van der Waals surface area contributed by atoms with Crippen LogP contribution in [0.2, 0.25) is 0 Å². The van der Waals surface area contributed by atoms with E-state index in [0.717, 1.165) is 22.0 Å². The third-order valence-electron chi connectivity index (χ3n) is 2.11. The highest BCUT2D eigenvalue weighted by molar-refractivity contribution is 9.10. The second-order valence-corrected chi connectivity index (χ2v) is 3.84.